The van der Waals surface area contributed by atoms with Gasteiger partial charge >= 0.3 is 0 Å². The summed E-state index contributed by atoms with van der Waals surface area (Å²) < 4.78 is 0. The van der Waals surface area contributed by atoms with Crippen molar-refractivity contribution in [2.75, 3.05) is 20.1 Å². The van der Waals surface area contributed by atoms with Crippen LogP contribution in [0.1, 0.15) is 29.3 Å². The number of benzene rings is 1. The topological polar surface area (TPSA) is 69.7 Å². The highest BCUT2D eigenvalue weighted by Gasteiger charge is 2.35. The summed E-state index contributed by atoms with van der Waals surface area (Å²) in [5.41, 5.74) is 1.44. The largest absolute Gasteiger partial charge is 0.352 e. The van der Waals surface area contributed by atoms with Gasteiger partial charge in [0.1, 0.15) is 6.04 Å². The standard InChI is InChI=1S/C18H23N3O3/c1-4-10-21-11-9-16(18(21)24)20(3)17(23)15-7-5-14(6-8-15)12-19-13(2)22/h4-8,16H,1,9-12H2,2-3H3,(H,19,22)/t16-/m1/s1. The molecule has 6 heteroatoms. The molecule has 1 aliphatic rings. The zero-order chi connectivity index (χ0) is 17.7. The van der Waals surface area contributed by atoms with Gasteiger partial charge in [0.05, 0.1) is 0 Å². The number of hydrogen-bond acceptors (Lipinski definition) is 3. The molecule has 3 amide bonds. The summed E-state index contributed by atoms with van der Waals surface area (Å²) in [7, 11) is 1.66. The Bertz CT molecular complexity index is 639. The van der Waals surface area contributed by atoms with Crippen molar-refractivity contribution >= 4 is 17.7 Å². The number of rotatable bonds is 6. The lowest BCUT2D eigenvalue weighted by atomic mass is 10.1. The fourth-order valence-electron chi connectivity index (χ4n) is 2.76. The molecule has 1 saturated heterocycles. The Morgan fingerprint density at radius 3 is 2.62 bits per heavy atom. The Morgan fingerprint density at radius 2 is 2.04 bits per heavy atom. The van der Waals surface area contributed by atoms with E-state index in [1.54, 1.807) is 42.3 Å². The molecule has 1 fully saturated rings. The minimum atomic E-state index is -0.420. The van der Waals surface area contributed by atoms with E-state index < -0.39 is 6.04 Å². The van der Waals surface area contributed by atoms with E-state index >= 15 is 0 Å². The summed E-state index contributed by atoms with van der Waals surface area (Å²) >= 11 is 0. The van der Waals surface area contributed by atoms with Gasteiger partial charge in [-0.2, -0.15) is 0 Å². The van der Waals surface area contributed by atoms with Crippen LogP contribution in [0.3, 0.4) is 0 Å². The monoisotopic (exact) mass is 329 g/mol. The molecule has 1 heterocycles. The van der Waals surface area contributed by atoms with Crippen molar-refractivity contribution in [1.29, 1.82) is 0 Å². The maximum absolute atomic E-state index is 12.6. The van der Waals surface area contributed by atoms with Gasteiger partial charge in [-0.15, -0.1) is 6.58 Å². The molecule has 24 heavy (non-hydrogen) atoms. The zero-order valence-electron chi connectivity index (χ0n) is 14.1. The van der Waals surface area contributed by atoms with Crippen molar-refractivity contribution in [3.63, 3.8) is 0 Å². The van der Waals surface area contributed by atoms with E-state index in [2.05, 4.69) is 11.9 Å². The first-order valence-corrected chi connectivity index (χ1v) is 7.94. The van der Waals surface area contributed by atoms with Crippen LogP contribution in [0.25, 0.3) is 0 Å². The average Bonchev–Trinajstić information content (AvgIpc) is 2.93. The normalized spacial score (nSPS) is 16.8. The highest BCUT2D eigenvalue weighted by Crippen LogP contribution is 2.18. The van der Waals surface area contributed by atoms with Crippen molar-refractivity contribution in [3.05, 3.63) is 48.0 Å². The quantitative estimate of drug-likeness (QED) is 0.797. The number of amides is 3. The number of nitrogens with one attached hydrogen (secondary N) is 1. The molecule has 0 saturated carbocycles. The molecule has 0 unspecified atom stereocenters. The lowest BCUT2D eigenvalue weighted by molar-refractivity contribution is -0.130. The fourth-order valence-corrected chi connectivity index (χ4v) is 2.76. The number of likely N-dealkylation sites (N-methyl/N-ethyl adjacent to an activating group) is 1. The van der Waals surface area contributed by atoms with Gasteiger partial charge in [0.15, 0.2) is 0 Å². The second-order valence-corrected chi connectivity index (χ2v) is 5.90. The molecule has 1 aromatic carbocycles. The van der Waals surface area contributed by atoms with Crippen molar-refractivity contribution in [2.45, 2.75) is 25.9 Å². The van der Waals surface area contributed by atoms with Gasteiger partial charge in [-0.25, -0.2) is 0 Å². The van der Waals surface area contributed by atoms with Crippen molar-refractivity contribution < 1.29 is 14.4 Å². The first-order chi connectivity index (χ1) is 11.4. The van der Waals surface area contributed by atoms with E-state index in [1.165, 1.54) is 11.8 Å². The molecule has 2 rings (SSSR count). The van der Waals surface area contributed by atoms with Gasteiger partial charge in [0, 0.05) is 39.2 Å². The summed E-state index contributed by atoms with van der Waals surface area (Å²) in [5.74, 6) is -0.313. The summed E-state index contributed by atoms with van der Waals surface area (Å²) in [6, 6.07) is 6.62. The van der Waals surface area contributed by atoms with Crippen molar-refractivity contribution in [2.24, 2.45) is 0 Å². The number of hydrogen-bond donors (Lipinski definition) is 1. The molecule has 0 aromatic heterocycles. The van der Waals surface area contributed by atoms with Crippen LogP contribution in [-0.2, 0) is 16.1 Å². The average molecular weight is 329 g/mol. The van der Waals surface area contributed by atoms with Gasteiger partial charge in [-0.3, -0.25) is 14.4 Å². The van der Waals surface area contributed by atoms with Crippen LogP contribution in [0.15, 0.2) is 36.9 Å². The Morgan fingerprint density at radius 1 is 1.38 bits per heavy atom. The first-order valence-electron chi connectivity index (χ1n) is 7.94. The molecule has 0 bridgehead atoms. The van der Waals surface area contributed by atoms with E-state index in [0.717, 1.165) is 5.56 Å². The third-order valence-corrected chi connectivity index (χ3v) is 4.15. The van der Waals surface area contributed by atoms with Crippen LogP contribution in [0, 0.1) is 0 Å². The summed E-state index contributed by atoms with van der Waals surface area (Å²) in [6.07, 6.45) is 2.32. The van der Waals surface area contributed by atoms with Gasteiger partial charge in [0.2, 0.25) is 11.8 Å². The smallest absolute Gasteiger partial charge is 0.254 e. The molecule has 128 valence electrons. The summed E-state index contributed by atoms with van der Waals surface area (Å²) in [5, 5.41) is 2.71. The van der Waals surface area contributed by atoms with E-state index in [0.29, 0.717) is 31.6 Å². The van der Waals surface area contributed by atoms with Gasteiger partial charge < -0.3 is 15.1 Å². The molecule has 0 spiro atoms. The lowest BCUT2D eigenvalue weighted by Crippen LogP contribution is -2.42. The third kappa shape index (κ3) is 4.01. The molecule has 1 aromatic rings. The van der Waals surface area contributed by atoms with Crippen molar-refractivity contribution in [1.82, 2.24) is 15.1 Å². The minimum absolute atomic E-state index is 0.0342. The number of likely N-dealkylation sites (tertiary alicyclic amines) is 1. The molecular formula is C18H23N3O3. The molecule has 1 atom stereocenters. The second-order valence-electron chi connectivity index (χ2n) is 5.90. The SMILES string of the molecule is C=CCN1CC[C@@H](N(C)C(=O)c2ccc(CNC(C)=O)cc2)C1=O. The predicted octanol–water partition coefficient (Wildman–Crippen LogP) is 1.18. The number of carbonyl (C=O) groups is 3. The maximum Gasteiger partial charge on any atom is 0.254 e. The van der Waals surface area contributed by atoms with Crippen LogP contribution in [0.2, 0.25) is 0 Å². The molecule has 1 aliphatic heterocycles. The van der Waals surface area contributed by atoms with Crippen LogP contribution < -0.4 is 5.32 Å². The fraction of sp³-hybridized carbons (Fsp3) is 0.389. The van der Waals surface area contributed by atoms with Gasteiger partial charge in [-0.05, 0) is 24.1 Å². The predicted molar refractivity (Wildman–Crippen MR) is 91.2 cm³/mol. The summed E-state index contributed by atoms with van der Waals surface area (Å²) in [4.78, 5) is 39.0. The second kappa shape index (κ2) is 7.77. The Hall–Kier alpha value is -2.63. The van der Waals surface area contributed by atoms with E-state index in [-0.39, 0.29) is 17.7 Å². The highest BCUT2D eigenvalue weighted by molar-refractivity contribution is 5.98. The third-order valence-electron chi connectivity index (χ3n) is 4.15. The Kier molecular flexibility index (Phi) is 5.73. The minimum Gasteiger partial charge on any atom is -0.352 e. The highest BCUT2D eigenvalue weighted by atomic mass is 16.2. The van der Waals surface area contributed by atoms with Gasteiger partial charge in [-0.1, -0.05) is 18.2 Å². The Labute approximate surface area is 142 Å². The first kappa shape index (κ1) is 17.7. The lowest BCUT2D eigenvalue weighted by Gasteiger charge is -2.24. The van der Waals surface area contributed by atoms with Gasteiger partial charge in [0.25, 0.3) is 5.91 Å². The maximum atomic E-state index is 12.6. The van der Waals surface area contributed by atoms with E-state index in [1.807, 2.05) is 0 Å². The molecule has 1 N–H and O–H groups in total. The zero-order valence-corrected chi connectivity index (χ0v) is 14.1. The van der Waals surface area contributed by atoms with Crippen LogP contribution in [0.4, 0.5) is 0 Å². The number of nitrogens with zero attached hydrogens (tertiary/aromatic N) is 2. The molecule has 0 radical (unpaired) electrons. The molecule has 0 aliphatic carbocycles. The summed E-state index contributed by atoms with van der Waals surface area (Å²) in [6.45, 7) is 6.68. The van der Waals surface area contributed by atoms with Crippen molar-refractivity contribution in [3.8, 4) is 0 Å². The van der Waals surface area contributed by atoms with E-state index in [9.17, 15) is 14.4 Å². The Balaban J connectivity index is 2.01. The van der Waals surface area contributed by atoms with Crippen LogP contribution in [0.5, 0.6) is 0 Å². The van der Waals surface area contributed by atoms with E-state index in [4.69, 9.17) is 0 Å². The number of carbonyl (C=O) groups excluding carboxylic acids is 3. The molecular weight excluding hydrogens is 306 g/mol. The van der Waals surface area contributed by atoms with Crippen LogP contribution in [-0.4, -0.2) is 53.7 Å². The van der Waals surface area contributed by atoms with Crippen LogP contribution >= 0.6 is 0 Å². The molecule has 6 nitrogen and oxygen atoms in total.